The second-order valence-electron chi connectivity index (χ2n) is 3.87. The van der Waals surface area contributed by atoms with Crippen LogP contribution in [0, 0.1) is 3.57 Å². The molecule has 3 rings (SSSR count). The molecule has 4 nitrogen and oxygen atoms in total. The first-order valence-corrected chi connectivity index (χ1v) is 7.07. The summed E-state index contributed by atoms with van der Waals surface area (Å²) < 4.78 is 4.00. The van der Waals surface area contributed by atoms with Crippen LogP contribution >= 0.6 is 38.5 Å². The molecular formula is C12H8BrIN4. The van der Waals surface area contributed by atoms with Crippen LogP contribution in [0.15, 0.2) is 41.0 Å². The van der Waals surface area contributed by atoms with E-state index in [9.17, 15) is 0 Å². The SMILES string of the molecule is Nc1cc(I)cc(-c2nnc3ccc(Br)cn23)c1. The first kappa shape index (κ1) is 11.9. The van der Waals surface area contributed by atoms with Crippen molar-refractivity contribution in [3.8, 4) is 11.4 Å². The van der Waals surface area contributed by atoms with Gasteiger partial charge < -0.3 is 5.73 Å². The quantitative estimate of drug-likeness (QED) is 0.490. The van der Waals surface area contributed by atoms with Gasteiger partial charge in [-0.15, -0.1) is 10.2 Å². The van der Waals surface area contributed by atoms with E-state index in [1.165, 1.54) is 0 Å². The second kappa shape index (κ2) is 4.51. The van der Waals surface area contributed by atoms with E-state index < -0.39 is 0 Å². The molecule has 6 heteroatoms. The molecule has 18 heavy (non-hydrogen) atoms. The Bertz CT molecular complexity index is 718. The summed E-state index contributed by atoms with van der Waals surface area (Å²) in [6.07, 6.45) is 1.95. The Morgan fingerprint density at radius 2 is 2.00 bits per heavy atom. The summed E-state index contributed by atoms with van der Waals surface area (Å²) in [7, 11) is 0. The number of nitrogens with two attached hydrogens (primary N) is 1. The fourth-order valence-corrected chi connectivity index (χ4v) is 2.84. The highest BCUT2D eigenvalue weighted by atomic mass is 127. The third-order valence-corrected chi connectivity index (χ3v) is 3.64. The average Bonchev–Trinajstić information content (AvgIpc) is 2.70. The number of nitrogen functional groups attached to an aromatic ring is 1. The molecule has 0 atom stereocenters. The Morgan fingerprint density at radius 3 is 2.78 bits per heavy atom. The molecule has 0 radical (unpaired) electrons. The lowest BCUT2D eigenvalue weighted by molar-refractivity contribution is 1.11. The zero-order chi connectivity index (χ0) is 12.7. The van der Waals surface area contributed by atoms with Crippen molar-refractivity contribution < 1.29 is 0 Å². The largest absolute Gasteiger partial charge is 0.399 e. The topological polar surface area (TPSA) is 56.2 Å². The molecule has 0 saturated carbocycles. The standard InChI is InChI=1S/C12H8BrIN4/c13-8-1-2-11-16-17-12(18(11)6-8)7-3-9(14)5-10(15)4-7/h1-6H,15H2. The molecule has 0 aliphatic rings. The van der Waals surface area contributed by atoms with Gasteiger partial charge >= 0.3 is 0 Å². The number of hydrogen-bond donors (Lipinski definition) is 1. The average molecular weight is 415 g/mol. The van der Waals surface area contributed by atoms with Crippen molar-refractivity contribution in [1.82, 2.24) is 14.6 Å². The first-order valence-electron chi connectivity index (χ1n) is 5.20. The monoisotopic (exact) mass is 414 g/mol. The molecular weight excluding hydrogens is 407 g/mol. The molecule has 2 aromatic heterocycles. The van der Waals surface area contributed by atoms with Crippen molar-refractivity contribution in [2.24, 2.45) is 0 Å². The summed E-state index contributed by atoms with van der Waals surface area (Å²) in [4.78, 5) is 0. The molecule has 90 valence electrons. The smallest absolute Gasteiger partial charge is 0.168 e. The molecule has 0 fully saturated rings. The summed E-state index contributed by atoms with van der Waals surface area (Å²) in [5.74, 6) is 0.788. The fraction of sp³-hybridized carbons (Fsp3) is 0. The maximum Gasteiger partial charge on any atom is 0.168 e. The third kappa shape index (κ3) is 2.10. The van der Waals surface area contributed by atoms with E-state index in [1.807, 2.05) is 40.9 Å². The zero-order valence-electron chi connectivity index (χ0n) is 9.14. The van der Waals surface area contributed by atoms with Crippen LogP contribution in [0.3, 0.4) is 0 Å². The Balaban J connectivity index is 2.27. The van der Waals surface area contributed by atoms with Gasteiger partial charge in [0.25, 0.3) is 0 Å². The van der Waals surface area contributed by atoms with Gasteiger partial charge in [-0.1, -0.05) is 0 Å². The van der Waals surface area contributed by atoms with Gasteiger partial charge in [0, 0.05) is 25.5 Å². The van der Waals surface area contributed by atoms with E-state index in [2.05, 4.69) is 48.7 Å². The van der Waals surface area contributed by atoms with Crippen molar-refractivity contribution in [2.75, 3.05) is 5.73 Å². The number of nitrogens with zero attached hydrogens (tertiary/aromatic N) is 3. The van der Waals surface area contributed by atoms with Gasteiger partial charge in [-0.2, -0.15) is 0 Å². The number of halogens is 2. The van der Waals surface area contributed by atoms with Crippen LogP contribution < -0.4 is 5.73 Å². The van der Waals surface area contributed by atoms with E-state index >= 15 is 0 Å². The highest BCUT2D eigenvalue weighted by Gasteiger charge is 2.09. The number of anilines is 1. The lowest BCUT2D eigenvalue weighted by Gasteiger charge is -2.03. The van der Waals surface area contributed by atoms with Gasteiger partial charge in [-0.25, -0.2) is 0 Å². The predicted molar refractivity (Wildman–Crippen MR) is 83.3 cm³/mol. The predicted octanol–water partition coefficient (Wildman–Crippen LogP) is 3.35. The molecule has 0 unspecified atom stereocenters. The fourth-order valence-electron chi connectivity index (χ4n) is 1.80. The van der Waals surface area contributed by atoms with Crippen molar-refractivity contribution in [3.05, 3.63) is 44.6 Å². The molecule has 3 aromatic rings. The maximum atomic E-state index is 5.87. The van der Waals surface area contributed by atoms with E-state index in [0.717, 1.165) is 30.8 Å². The van der Waals surface area contributed by atoms with E-state index in [4.69, 9.17) is 5.73 Å². The van der Waals surface area contributed by atoms with Gasteiger partial charge in [-0.3, -0.25) is 4.40 Å². The van der Waals surface area contributed by atoms with Crippen molar-refractivity contribution in [1.29, 1.82) is 0 Å². The van der Waals surface area contributed by atoms with Gasteiger partial charge in [0.15, 0.2) is 11.5 Å². The number of fused-ring (bicyclic) bond motifs is 1. The normalized spacial score (nSPS) is 11.0. The summed E-state index contributed by atoms with van der Waals surface area (Å²) >= 11 is 5.69. The van der Waals surface area contributed by atoms with E-state index in [1.54, 1.807) is 0 Å². The van der Waals surface area contributed by atoms with Crippen molar-refractivity contribution in [3.63, 3.8) is 0 Å². The van der Waals surface area contributed by atoms with Crippen LogP contribution in [0.5, 0.6) is 0 Å². The highest BCUT2D eigenvalue weighted by molar-refractivity contribution is 14.1. The van der Waals surface area contributed by atoms with Crippen LogP contribution in [-0.2, 0) is 0 Å². The van der Waals surface area contributed by atoms with Crippen molar-refractivity contribution in [2.45, 2.75) is 0 Å². The van der Waals surface area contributed by atoms with E-state index in [-0.39, 0.29) is 0 Å². The molecule has 0 amide bonds. The summed E-state index contributed by atoms with van der Waals surface area (Å²) in [6.45, 7) is 0. The molecule has 0 saturated heterocycles. The van der Waals surface area contributed by atoms with Gasteiger partial charge in [-0.05, 0) is 68.9 Å². The Hall–Kier alpha value is -1.15. The third-order valence-electron chi connectivity index (χ3n) is 2.54. The molecule has 2 N–H and O–H groups in total. The molecule has 0 spiro atoms. The number of aromatic nitrogens is 3. The Kier molecular flexibility index (Phi) is 2.98. The number of hydrogen-bond acceptors (Lipinski definition) is 3. The van der Waals surface area contributed by atoms with Crippen LogP contribution in [0.2, 0.25) is 0 Å². The van der Waals surface area contributed by atoms with E-state index in [0.29, 0.717) is 0 Å². The number of benzene rings is 1. The van der Waals surface area contributed by atoms with Crippen LogP contribution in [0.25, 0.3) is 17.0 Å². The maximum absolute atomic E-state index is 5.87. The lowest BCUT2D eigenvalue weighted by atomic mass is 10.2. The molecule has 1 aromatic carbocycles. The molecule has 0 aliphatic heterocycles. The Morgan fingerprint density at radius 1 is 1.17 bits per heavy atom. The minimum Gasteiger partial charge on any atom is -0.399 e. The van der Waals surface area contributed by atoms with Crippen LogP contribution in [0.4, 0.5) is 5.69 Å². The second-order valence-corrected chi connectivity index (χ2v) is 6.03. The first-order chi connectivity index (χ1) is 8.63. The Labute approximate surface area is 125 Å². The summed E-state index contributed by atoms with van der Waals surface area (Å²) in [5.41, 5.74) is 8.37. The molecule has 2 heterocycles. The highest BCUT2D eigenvalue weighted by Crippen LogP contribution is 2.24. The number of rotatable bonds is 1. The van der Waals surface area contributed by atoms with Gasteiger partial charge in [0.1, 0.15) is 0 Å². The lowest BCUT2D eigenvalue weighted by Crippen LogP contribution is -1.92. The van der Waals surface area contributed by atoms with Crippen molar-refractivity contribution >= 4 is 49.9 Å². The van der Waals surface area contributed by atoms with Crippen LogP contribution in [0.1, 0.15) is 0 Å². The number of pyridine rings is 1. The minimum atomic E-state index is 0.726. The van der Waals surface area contributed by atoms with Gasteiger partial charge in [0.05, 0.1) is 0 Å². The molecule has 0 aliphatic carbocycles. The minimum absolute atomic E-state index is 0.726. The summed E-state index contributed by atoms with van der Waals surface area (Å²) in [6, 6.07) is 9.71. The zero-order valence-corrected chi connectivity index (χ0v) is 12.9. The van der Waals surface area contributed by atoms with Gasteiger partial charge in [0.2, 0.25) is 0 Å². The van der Waals surface area contributed by atoms with Crippen LogP contribution in [-0.4, -0.2) is 14.6 Å². The summed E-state index contributed by atoms with van der Waals surface area (Å²) in [5, 5.41) is 8.37. The molecule has 0 bridgehead atoms.